The van der Waals surface area contributed by atoms with E-state index in [1.165, 1.54) is 24.3 Å². The highest BCUT2D eigenvalue weighted by atomic mass is 32.2. The first-order valence-electron chi connectivity index (χ1n) is 7.51. The Morgan fingerprint density at radius 3 is 3.05 bits per heavy atom. The van der Waals surface area contributed by atoms with E-state index in [4.69, 9.17) is 4.74 Å². The van der Waals surface area contributed by atoms with E-state index >= 15 is 0 Å². The Hall–Kier alpha value is -1.17. The molecule has 5 nitrogen and oxygen atoms in total. The molecule has 2 rings (SSSR count). The van der Waals surface area contributed by atoms with E-state index in [-0.39, 0.29) is 6.09 Å². The molecule has 0 aliphatic carbocycles. The molecule has 1 amide bonds. The third kappa shape index (κ3) is 5.26. The quantitative estimate of drug-likeness (QED) is 0.928. The van der Waals surface area contributed by atoms with Crippen molar-refractivity contribution in [2.24, 2.45) is 0 Å². The van der Waals surface area contributed by atoms with Crippen LogP contribution in [-0.2, 0) is 11.2 Å². The van der Waals surface area contributed by atoms with Crippen LogP contribution in [0.5, 0.6) is 0 Å². The maximum absolute atomic E-state index is 11.6. The van der Waals surface area contributed by atoms with Crippen molar-refractivity contribution >= 4 is 17.9 Å². The van der Waals surface area contributed by atoms with Gasteiger partial charge in [-0.15, -0.1) is 0 Å². The van der Waals surface area contributed by atoms with E-state index in [1.54, 1.807) is 0 Å². The lowest BCUT2D eigenvalue weighted by molar-refractivity contribution is 0.0528. The number of carbonyl (C=O) groups excluding carboxylic acids is 1. The molecule has 1 aromatic heterocycles. The number of ether oxygens (including phenoxy) is 1. The number of hydrogen-bond acceptors (Lipinski definition) is 4. The van der Waals surface area contributed by atoms with Gasteiger partial charge in [0.15, 0.2) is 0 Å². The molecule has 0 aromatic carbocycles. The maximum atomic E-state index is 11.6. The fourth-order valence-electron chi connectivity index (χ4n) is 2.40. The largest absolute Gasteiger partial charge is 0.444 e. The van der Waals surface area contributed by atoms with Crippen LogP contribution in [-0.4, -0.2) is 39.3 Å². The highest BCUT2D eigenvalue weighted by molar-refractivity contribution is 7.99. The predicted octanol–water partition coefficient (Wildman–Crippen LogP) is 3.02. The molecule has 118 valence electrons. The summed E-state index contributed by atoms with van der Waals surface area (Å²) >= 11 is 2.01. The van der Waals surface area contributed by atoms with Gasteiger partial charge in [0.05, 0.1) is 6.33 Å². The number of rotatable bonds is 4. The lowest BCUT2D eigenvalue weighted by Gasteiger charge is -2.24. The molecule has 21 heavy (non-hydrogen) atoms. The van der Waals surface area contributed by atoms with Crippen molar-refractivity contribution in [1.82, 2.24) is 14.9 Å². The molecule has 1 aliphatic heterocycles. The van der Waals surface area contributed by atoms with Gasteiger partial charge in [-0.3, -0.25) is 0 Å². The first kappa shape index (κ1) is 16.2. The van der Waals surface area contributed by atoms with E-state index < -0.39 is 5.60 Å². The number of nitrogens with zero attached hydrogens (tertiary/aromatic N) is 2. The van der Waals surface area contributed by atoms with Crippen molar-refractivity contribution < 1.29 is 9.53 Å². The Kier molecular flexibility index (Phi) is 5.56. The van der Waals surface area contributed by atoms with Gasteiger partial charge in [-0.25, -0.2) is 9.78 Å². The molecule has 0 bridgehead atoms. The normalized spacial score (nSPS) is 19.3. The molecule has 1 aromatic rings. The summed E-state index contributed by atoms with van der Waals surface area (Å²) in [7, 11) is 0. The molecular weight excluding hydrogens is 286 g/mol. The van der Waals surface area contributed by atoms with Gasteiger partial charge in [-0.05, 0) is 39.4 Å². The minimum Gasteiger partial charge on any atom is -0.444 e. The molecule has 0 radical (unpaired) electrons. The summed E-state index contributed by atoms with van der Waals surface area (Å²) in [6.45, 7) is 6.16. The predicted molar refractivity (Wildman–Crippen MR) is 85.8 cm³/mol. The van der Waals surface area contributed by atoms with Crippen molar-refractivity contribution in [2.45, 2.75) is 51.7 Å². The summed E-state index contributed by atoms with van der Waals surface area (Å²) < 4.78 is 7.49. The summed E-state index contributed by atoms with van der Waals surface area (Å²) in [6, 6.07) is 0.544. The second-order valence-electron chi connectivity index (χ2n) is 6.34. The first-order valence-corrected chi connectivity index (χ1v) is 8.66. The molecule has 1 atom stereocenters. The molecule has 2 heterocycles. The SMILES string of the molecule is CC(C)(C)OC(=O)NCCc1cncn1C1CCCSC1. The van der Waals surface area contributed by atoms with Crippen LogP contribution in [0.15, 0.2) is 12.5 Å². The summed E-state index contributed by atoms with van der Waals surface area (Å²) in [5, 5.41) is 2.80. The maximum Gasteiger partial charge on any atom is 0.407 e. The zero-order valence-corrected chi connectivity index (χ0v) is 13.9. The molecule has 1 N–H and O–H groups in total. The van der Waals surface area contributed by atoms with Crippen LogP contribution in [0.3, 0.4) is 0 Å². The number of imidazole rings is 1. The van der Waals surface area contributed by atoms with Crippen molar-refractivity contribution in [3.63, 3.8) is 0 Å². The van der Waals surface area contributed by atoms with Crippen LogP contribution in [0.1, 0.15) is 45.3 Å². The molecule has 6 heteroatoms. The zero-order chi connectivity index (χ0) is 15.3. The van der Waals surface area contributed by atoms with E-state index in [1.807, 2.05) is 45.1 Å². The zero-order valence-electron chi connectivity index (χ0n) is 13.1. The summed E-state index contributed by atoms with van der Waals surface area (Å²) in [4.78, 5) is 15.9. The average molecular weight is 311 g/mol. The molecule has 1 aliphatic rings. The average Bonchev–Trinajstić information content (AvgIpc) is 2.86. The number of amides is 1. The summed E-state index contributed by atoms with van der Waals surface area (Å²) in [5.41, 5.74) is 0.726. The van der Waals surface area contributed by atoms with Gasteiger partial charge in [0.1, 0.15) is 5.60 Å². The number of alkyl carbamates (subject to hydrolysis) is 1. The lowest BCUT2D eigenvalue weighted by Crippen LogP contribution is -2.33. The summed E-state index contributed by atoms with van der Waals surface area (Å²) in [5.74, 6) is 2.42. The second kappa shape index (κ2) is 7.20. The number of aromatic nitrogens is 2. The Balaban J connectivity index is 1.81. The smallest absolute Gasteiger partial charge is 0.407 e. The molecule has 1 unspecified atom stereocenters. The Bertz CT molecular complexity index is 462. The van der Waals surface area contributed by atoms with Gasteiger partial charge in [-0.1, -0.05) is 0 Å². The number of thioether (sulfide) groups is 1. The van der Waals surface area contributed by atoms with Crippen LogP contribution in [0.4, 0.5) is 4.79 Å². The van der Waals surface area contributed by atoms with Crippen LogP contribution in [0.2, 0.25) is 0 Å². The molecule has 1 saturated heterocycles. The molecule has 0 saturated carbocycles. The molecule has 1 fully saturated rings. The minimum absolute atomic E-state index is 0.359. The van der Waals surface area contributed by atoms with Gasteiger partial charge in [0.2, 0.25) is 0 Å². The number of nitrogens with one attached hydrogen (secondary N) is 1. The Morgan fingerprint density at radius 1 is 1.57 bits per heavy atom. The van der Waals surface area contributed by atoms with Crippen molar-refractivity contribution in [3.8, 4) is 0 Å². The molecular formula is C15H25N3O2S. The second-order valence-corrected chi connectivity index (χ2v) is 7.49. The highest BCUT2D eigenvalue weighted by Crippen LogP contribution is 2.27. The van der Waals surface area contributed by atoms with E-state index in [0.717, 1.165) is 12.2 Å². The van der Waals surface area contributed by atoms with E-state index in [9.17, 15) is 4.79 Å². The third-order valence-electron chi connectivity index (χ3n) is 3.33. The standard InChI is InChI=1S/C15H25N3O2S/c1-15(2,3)20-14(19)17-7-6-12-9-16-11-18(12)13-5-4-8-21-10-13/h9,11,13H,4-8,10H2,1-3H3,(H,17,19). The van der Waals surface area contributed by atoms with Gasteiger partial charge in [0.25, 0.3) is 0 Å². The summed E-state index contributed by atoms with van der Waals surface area (Å²) in [6.07, 6.45) is 6.72. The number of carbonyl (C=O) groups is 1. The van der Waals surface area contributed by atoms with Gasteiger partial charge in [0, 0.05) is 36.7 Å². The van der Waals surface area contributed by atoms with Gasteiger partial charge < -0.3 is 14.6 Å². The van der Waals surface area contributed by atoms with Crippen molar-refractivity contribution in [2.75, 3.05) is 18.1 Å². The van der Waals surface area contributed by atoms with Gasteiger partial charge in [-0.2, -0.15) is 11.8 Å². The first-order chi connectivity index (χ1) is 9.96. The highest BCUT2D eigenvalue weighted by Gasteiger charge is 2.18. The fourth-order valence-corrected chi connectivity index (χ4v) is 3.54. The molecule has 0 spiro atoms. The van der Waals surface area contributed by atoms with Crippen LogP contribution in [0, 0.1) is 0 Å². The van der Waals surface area contributed by atoms with Gasteiger partial charge >= 0.3 is 6.09 Å². The topological polar surface area (TPSA) is 56.1 Å². The third-order valence-corrected chi connectivity index (χ3v) is 4.52. The monoisotopic (exact) mass is 311 g/mol. The lowest BCUT2D eigenvalue weighted by atomic mass is 10.1. The Labute approximate surface area is 130 Å². The van der Waals surface area contributed by atoms with Crippen molar-refractivity contribution in [1.29, 1.82) is 0 Å². The van der Waals surface area contributed by atoms with Crippen LogP contribution < -0.4 is 5.32 Å². The van der Waals surface area contributed by atoms with E-state index in [2.05, 4.69) is 14.9 Å². The van der Waals surface area contributed by atoms with Crippen LogP contribution in [0.25, 0.3) is 0 Å². The fraction of sp³-hybridized carbons (Fsp3) is 0.733. The van der Waals surface area contributed by atoms with Crippen LogP contribution >= 0.6 is 11.8 Å². The minimum atomic E-state index is -0.453. The van der Waals surface area contributed by atoms with Crippen molar-refractivity contribution in [3.05, 3.63) is 18.2 Å². The van der Waals surface area contributed by atoms with E-state index in [0.29, 0.717) is 12.6 Å². The number of hydrogen-bond donors (Lipinski definition) is 1. The Morgan fingerprint density at radius 2 is 2.38 bits per heavy atom.